The fourth-order valence-corrected chi connectivity index (χ4v) is 2.65. The predicted molar refractivity (Wildman–Crippen MR) is 84.6 cm³/mol. The van der Waals surface area contributed by atoms with Gasteiger partial charge in [0.05, 0.1) is 18.8 Å². The van der Waals surface area contributed by atoms with Crippen LogP contribution in [0.2, 0.25) is 0 Å². The van der Waals surface area contributed by atoms with E-state index in [1.807, 2.05) is 6.92 Å². The van der Waals surface area contributed by atoms with Gasteiger partial charge in [-0.2, -0.15) is 0 Å². The number of methoxy groups -OCH3 is 1. The highest BCUT2D eigenvalue weighted by Gasteiger charge is 2.22. The number of ether oxygens (including phenoxy) is 1. The van der Waals surface area contributed by atoms with Gasteiger partial charge in [-0.3, -0.25) is 4.79 Å². The molecule has 0 atom stereocenters. The highest BCUT2D eigenvalue weighted by molar-refractivity contribution is 6.10. The lowest BCUT2D eigenvalue weighted by Crippen LogP contribution is -2.07. The monoisotopic (exact) mass is 296 g/mol. The summed E-state index contributed by atoms with van der Waals surface area (Å²) >= 11 is 0. The molecule has 3 rings (SSSR count). The average molecular weight is 296 g/mol. The van der Waals surface area contributed by atoms with E-state index < -0.39 is 0 Å². The predicted octanol–water partition coefficient (Wildman–Crippen LogP) is 2.78. The van der Waals surface area contributed by atoms with Gasteiger partial charge in [0.2, 0.25) is 5.78 Å². The molecule has 2 aromatic heterocycles. The van der Waals surface area contributed by atoms with Crippen molar-refractivity contribution in [3.05, 3.63) is 59.4 Å². The minimum atomic E-state index is -0.151. The first-order chi connectivity index (χ1) is 10.5. The van der Waals surface area contributed by atoms with Crippen molar-refractivity contribution < 1.29 is 14.6 Å². The first-order valence-electron chi connectivity index (χ1n) is 6.80. The number of hydrogen-bond acceptors (Lipinski definition) is 4. The van der Waals surface area contributed by atoms with Crippen molar-refractivity contribution in [2.24, 2.45) is 0 Å². The standard InChI is InChI=1S/C17H16N2O3/c1-10-15(16(21)11-3-5-12(18)6-4-11)19-9-13(20)7-8-14(19)17(10)22-2/h3-9,20H,18H2,1-2H3. The third kappa shape index (κ3) is 2.07. The first kappa shape index (κ1) is 14.0. The van der Waals surface area contributed by atoms with Crippen LogP contribution in [0.3, 0.4) is 0 Å². The molecule has 3 N–H and O–H groups in total. The minimum absolute atomic E-state index is 0.0801. The molecule has 0 saturated heterocycles. The van der Waals surface area contributed by atoms with Crippen LogP contribution >= 0.6 is 0 Å². The van der Waals surface area contributed by atoms with E-state index in [0.29, 0.717) is 22.7 Å². The Hall–Kier alpha value is -2.95. The maximum atomic E-state index is 12.8. The number of aromatic nitrogens is 1. The fraction of sp³-hybridized carbons (Fsp3) is 0.118. The number of nitrogen functional groups attached to an aromatic ring is 1. The molecule has 0 unspecified atom stereocenters. The summed E-state index contributed by atoms with van der Waals surface area (Å²) in [4.78, 5) is 12.8. The number of rotatable bonds is 3. The molecule has 0 amide bonds. The molecular formula is C17H16N2O3. The van der Waals surface area contributed by atoms with Crippen molar-refractivity contribution >= 4 is 17.0 Å². The van der Waals surface area contributed by atoms with Crippen LogP contribution in [0, 0.1) is 6.92 Å². The molecule has 1 aromatic carbocycles. The van der Waals surface area contributed by atoms with Crippen LogP contribution < -0.4 is 10.5 Å². The van der Waals surface area contributed by atoms with Crippen LogP contribution in [0.4, 0.5) is 5.69 Å². The second-order valence-electron chi connectivity index (χ2n) is 5.10. The van der Waals surface area contributed by atoms with Gasteiger partial charge in [0.1, 0.15) is 17.2 Å². The lowest BCUT2D eigenvalue weighted by atomic mass is 10.1. The Morgan fingerprint density at radius 1 is 1.18 bits per heavy atom. The van der Waals surface area contributed by atoms with E-state index in [9.17, 15) is 9.90 Å². The highest BCUT2D eigenvalue weighted by Crippen LogP contribution is 2.33. The highest BCUT2D eigenvalue weighted by atomic mass is 16.5. The number of fused-ring (bicyclic) bond motifs is 1. The summed E-state index contributed by atoms with van der Waals surface area (Å²) < 4.78 is 7.06. The first-order valence-corrected chi connectivity index (χ1v) is 6.80. The van der Waals surface area contributed by atoms with E-state index in [2.05, 4.69) is 0 Å². The number of ketones is 1. The Morgan fingerprint density at radius 2 is 1.86 bits per heavy atom. The molecule has 0 saturated carbocycles. The zero-order valence-corrected chi connectivity index (χ0v) is 12.3. The fourth-order valence-electron chi connectivity index (χ4n) is 2.65. The van der Waals surface area contributed by atoms with Crippen molar-refractivity contribution in [1.82, 2.24) is 4.40 Å². The number of benzene rings is 1. The van der Waals surface area contributed by atoms with Gasteiger partial charge in [0, 0.05) is 16.8 Å². The summed E-state index contributed by atoms with van der Waals surface area (Å²) in [7, 11) is 1.56. The lowest BCUT2D eigenvalue weighted by molar-refractivity contribution is 0.103. The second kappa shape index (κ2) is 5.11. The molecule has 112 valence electrons. The third-order valence-electron chi connectivity index (χ3n) is 3.69. The van der Waals surface area contributed by atoms with Crippen LogP contribution in [-0.4, -0.2) is 22.4 Å². The molecule has 0 aliphatic heterocycles. The van der Waals surface area contributed by atoms with Gasteiger partial charge in [0.25, 0.3) is 0 Å². The van der Waals surface area contributed by atoms with E-state index in [-0.39, 0.29) is 11.5 Å². The van der Waals surface area contributed by atoms with Crippen molar-refractivity contribution in [3.63, 3.8) is 0 Å². The summed E-state index contributed by atoms with van der Waals surface area (Å²) in [5.41, 5.74) is 8.72. The topological polar surface area (TPSA) is 77.0 Å². The van der Waals surface area contributed by atoms with Crippen LogP contribution in [0.5, 0.6) is 11.5 Å². The van der Waals surface area contributed by atoms with Gasteiger partial charge < -0.3 is 20.0 Å². The molecule has 0 aliphatic rings. The number of carbonyl (C=O) groups is 1. The van der Waals surface area contributed by atoms with E-state index in [4.69, 9.17) is 10.5 Å². The Labute approximate surface area is 127 Å². The zero-order chi connectivity index (χ0) is 15.9. The maximum Gasteiger partial charge on any atom is 0.210 e. The van der Waals surface area contributed by atoms with E-state index in [0.717, 1.165) is 11.1 Å². The number of anilines is 1. The summed E-state index contributed by atoms with van der Waals surface area (Å²) in [6.45, 7) is 1.83. The van der Waals surface area contributed by atoms with Crippen molar-refractivity contribution in [2.75, 3.05) is 12.8 Å². The van der Waals surface area contributed by atoms with Crippen molar-refractivity contribution in [2.45, 2.75) is 6.92 Å². The van der Waals surface area contributed by atoms with Gasteiger partial charge in [-0.05, 0) is 43.3 Å². The summed E-state index contributed by atoms with van der Waals surface area (Å²) in [5, 5.41) is 9.73. The van der Waals surface area contributed by atoms with E-state index in [1.165, 1.54) is 6.20 Å². The number of pyridine rings is 1. The summed E-state index contributed by atoms with van der Waals surface area (Å²) in [5.74, 6) is 0.553. The molecule has 0 radical (unpaired) electrons. The molecular weight excluding hydrogens is 280 g/mol. The number of aromatic hydroxyl groups is 1. The lowest BCUT2D eigenvalue weighted by Gasteiger charge is -2.04. The van der Waals surface area contributed by atoms with Crippen LogP contribution in [0.1, 0.15) is 21.6 Å². The molecule has 22 heavy (non-hydrogen) atoms. The van der Waals surface area contributed by atoms with Crippen LogP contribution in [-0.2, 0) is 0 Å². The maximum absolute atomic E-state index is 12.8. The smallest absolute Gasteiger partial charge is 0.210 e. The number of hydrogen-bond donors (Lipinski definition) is 2. The Balaban J connectivity index is 2.25. The third-order valence-corrected chi connectivity index (χ3v) is 3.69. The largest absolute Gasteiger partial charge is 0.506 e. The normalized spacial score (nSPS) is 10.8. The SMILES string of the molecule is COc1c(C)c(C(=O)c2ccc(N)cc2)n2cc(O)ccc12. The molecule has 0 bridgehead atoms. The number of nitrogens with zero attached hydrogens (tertiary/aromatic N) is 1. The van der Waals surface area contributed by atoms with Crippen molar-refractivity contribution in [1.29, 1.82) is 0 Å². The van der Waals surface area contributed by atoms with Gasteiger partial charge in [-0.25, -0.2) is 0 Å². The number of nitrogens with two attached hydrogens (primary N) is 1. The number of carbonyl (C=O) groups excluding carboxylic acids is 1. The molecule has 0 spiro atoms. The van der Waals surface area contributed by atoms with Gasteiger partial charge in [-0.15, -0.1) is 0 Å². The Morgan fingerprint density at radius 3 is 2.50 bits per heavy atom. The van der Waals surface area contributed by atoms with E-state index in [1.54, 1.807) is 47.9 Å². The van der Waals surface area contributed by atoms with Crippen LogP contribution in [0.15, 0.2) is 42.6 Å². The Kier molecular flexibility index (Phi) is 3.25. The zero-order valence-electron chi connectivity index (χ0n) is 12.3. The minimum Gasteiger partial charge on any atom is -0.506 e. The van der Waals surface area contributed by atoms with Crippen molar-refractivity contribution in [3.8, 4) is 11.5 Å². The molecule has 0 fully saturated rings. The molecule has 0 aliphatic carbocycles. The Bertz CT molecular complexity index is 864. The van der Waals surface area contributed by atoms with E-state index >= 15 is 0 Å². The molecule has 5 heteroatoms. The van der Waals surface area contributed by atoms with Gasteiger partial charge in [-0.1, -0.05) is 0 Å². The molecule has 2 heterocycles. The van der Waals surface area contributed by atoms with Crippen LogP contribution in [0.25, 0.3) is 5.52 Å². The quantitative estimate of drug-likeness (QED) is 0.575. The molecule has 3 aromatic rings. The summed E-state index contributed by atoms with van der Waals surface area (Å²) in [6.07, 6.45) is 1.51. The van der Waals surface area contributed by atoms with Gasteiger partial charge in [0.15, 0.2) is 0 Å². The average Bonchev–Trinajstić information content (AvgIpc) is 2.78. The van der Waals surface area contributed by atoms with Gasteiger partial charge >= 0.3 is 0 Å². The summed E-state index contributed by atoms with van der Waals surface area (Å²) in [6, 6.07) is 10.0. The molecule has 5 nitrogen and oxygen atoms in total. The second-order valence-corrected chi connectivity index (χ2v) is 5.10.